The summed E-state index contributed by atoms with van der Waals surface area (Å²) in [5, 5.41) is 22.5. The summed E-state index contributed by atoms with van der Waals surface area (Å²) in [6, 6.07) is 0. The van der Waals surface area contributed by atoms with E-state index in [1.165, 1.54) is 6.20 Å². The maximum atomic E-state index is 10.3. The molecule has 0 saturated carbocycles. The molecule has 7 heteroatoms. The first kappa shape index (κ1) is 10.9. The lowest BCUT2D eigenvalue weighted by molar-refractivity contribution is -0.380. The second-order valence-electron chi connectivity index (χ2n) is 2.93. The van der Waals surface area contributed by atoms with Crippen LogP contribution in [0, 0.1) is 16.0 Å². The van der Waals surface area contributed by atoms with Crippen molar-refractivity contribution < 1.29 is 10.0 Å². The van der Waals surface area contributed by atoms with Crippen molar-refractivity contribution in [3.05, 3.63) is 16.3 Å². The zero-order valence-corrected chi connectivity index (χ0v) is 8.45. The Morgan fingerprint density at radius 2 is 2.57 bits per heavy atom. The summed E-state index contributed by atoms with van der Waals surface area (Å²) in [5.74, 6) is 0.109. The van der Waals surface area contributed by atoms with Crippen LogP contribution in [0.2, 0.25) is 0 Å². The Bertz CT molecular complexity index is 315. The number of hydrogen-bond donors (Lipinski definition) is 2. The third kappa shape index (κ3) is 2.93. The molecule has 6 nitrogen and oxygen atoms in total. The molecule has 0 saturated heterocycles. The third-order valence-electron chi connectivity index (χ3n) is 1.59. The highest BCUT2D eigenvalue weighted by atomic mass is 32.1. The summed E-state index contributed by atoms with van der Waals surface area (Å²) >= 11 is 0.991. The molecule has 0 aliphatic heterocycles. The van der Waals surface area contributed by atoms with Gasteiger partial charge in [-0.15, -0.1) is 0 Å². The molecular formula is C7H11N3O3S. The van der Waals surface area contributed by atoms with Crippen LogP contribution < -0.4 is 5.32 Å². The topological polar surface area (TPSA) is 88.3 Å². The van der Waals surface area contributed by atoms with Gasteiger partial charge in [0.05, 0.1) is 4.92 Å². The molecule has 0 fully saturated rings. The Morgan fingerprint density at radius 1 is 1.86 bits per heavy atom. The van der Waals surface area contributed by atoms with Crippen LogP contribution in [0.1, 0.15) is 6.92 Å². The molecule has 1 unspecified atom stereocenters. The molecule has 0 aliphatic carbocycles. The molecular weight excluding hydrogens is 206 g/mol. The number of nitrogens with one attached hydrogen (secondary N) is 1. The highest BCUT2D eigenvalue weighted by Gasteiger charge is 2.11. The number of anilines is 1. The van der Waals surface area contributed by atoms with Gasteiger partial charge >= 0.3 is 5.00 Å². The van der Waals surface area contributed by atoms with Gasteiger partial charge in [-0.25, -0.2) is 4.98 Å². The maximum absolute atomic E-state index is 10.3. The van der Waals surface area contributed by atoms with Gasteiger partial charge in [-0.2, -0.15) is 0 Å². The van der Waals surface area contributed by atoms with Gasteiger partial charge in [0.1, 0.15) is 6.20 Å². The lowest BCUT2D eigenvalue weighted by Crippen LogP contribution is -2.14. The minimum absolute atomic E-state index is 0.0177. The van der Waals surface area contributed by atoms with Crippen molar-refractivity contribution in [1.29, 1.82) is 0 Å². The van der Waals surface area contributed by atoms with Gasteiger partial charge in [0.15, 0.2) is 5.13 Å². The molecule has 1 rings (SSSR count). The van der Waals surface area contributed by atoms with E-state index < -0.39 is 4.92 Å². The smallest absolute Gasteiger partial charge is 0.345 e. The highest BCUT2D eigenvalue weighted by molar-refractivity contribution is 7.18. The number of aliphatic hydroxyl groups is 1. The number of rotatable bonds is 5. The summed E-state index contributed by atoms with van der Waals surface area (Å²) in [4.78, 5) is 13.7. The van der Waals surface area contributed by atoms with E-state index in [1.54, 1.807) is 0 Å². The van der Waals surface area contributed by atoms with Crippen LogP contribution in [0.3, 0.4) is 0 Å². The first-order chi connectivity index (χ1) is 6.63. The fourth-order valence-electron chi connectivity index (χ4n) is 0.758. The van der Waals surface area contributed by atoms with Crippen molar-refractivity contribution >= 4 is 21.5 Å². The second kappa shape index (κ2) is 4.87. The second-order valence-corrected chi connectivity index (χ2v) is 3.94. The summed E-state index contributed by atoms with van der Waals surface area (Å²) in [6.45, 7) is 2.51. The van der Waals surface area contributed by atoms with Crippen LogP contribution in [0.4, 0.5) is 10.1 Å². The quantitative estimate of drug-likeness (QED) is 0.569. The van der Waals surface area contributed by atoms with Crippen molar-refractivity contribution in [3.63, 3.8) is 0 Å². The number of aliphatic hydroxyl groups excluding tert-OH is 1. The zero-order chi connectivity index (χ0) is 10.6. The van der Waals surface area contributed by atoms with E-state index in [-0.39, 0.29) is 17.5 Å². The zero-order valence-electron chi connectivity index (χ0n) is 7.64. The molecule has 1 aromatic heterocycles. The summed E-state index contributed by atoms with van der Waals surface area (Å²) < 4.78 is 0. The Balaban J connectivity index is 2.48. The number of thiazole rings is 1. The van der Waals surface area contributed by atoms with Crippen molar-refractivity contribution in [1.82, 2.24) is 4.98 Å². The number of nitro groups is 1. The first-order valence-electron chi connectivity index (χ1n) is 4.08. The maximum Gasteiger partial charge on any atom is 0.345 e. The predicted octanol–water partition coefficient (Wildman–Crippen LogP) is 1.09. The predicted molar refractivity (Wildman–Crippen MR) is 53.5 cm³/mol. The monoisotopic (exact) mass is 217 g/mol. The van der Waals surface area contributed by atoms with E-state index in [1.807, 2.05) is 6.92 Å². The van der Waals surface area contributed by atoms with Crippen molar-refractivity contribution in [3.8, 4) is 0 Å². The fraction of sp³-hybridized carbons (Fsp3) is 0.571. The van der Waals surface area contributed by atoms with Crippen molar-refractivity contribution in [2.45, 2.75) is 6.92 Å². The van der Waals surface area contributed by atoms with Gasteiger partial charge in [-0.05, 0) is 17.3 Å². The van der Waals surface area contributed by atoms with Gasteiger partial charge in [0.2, 0.25) is 0 Å². The third-order valence-corrected chi connectivity index (χ3v) is 2.49. The van der Waals surface area contributed by atoms with Crippen LogP contribution in [0.15, 0.2) is 6.20 Å². The molecule has 2 N–H and O–H groups in total. The van der Waals surface area contributed by atoms with Gasteiger partial charge in [-0.3, -0.25) is 10.1 Å². The Labute approximate surface area is 84.7 Å². The summed E-state index contributed by atoms with van der Waals surface area (Å²) in [5.41, 5.74) is 0. The van der Waals surface area contributed by atoms with Crippen LogP contribution in [0.25, 0.3) is 0 Å². The van der Waals surface area contributed by atoms with E-state index in [0.29, 0.717) is 11.7 Å². The molecule has 1 atom stereocenters. The van der Waals surface area contributed by atoms with Gasteiger partial charge < -0.3 is 10.4 Å². The lowest BCUT2D eigenvalue weighted by atomic mass is 10.2. The van der Waals surface area contributed by atoms with E-state index in [9.17, 15) is 10.1 Å². The standard InChI is InChI=1S/C7H11N3O3S/c1-5(4-11)2-8-7-9-3-6(14-7)10(12)13/h3,5,11H,2,4H2,1H3,(H,8,9). The minimum atomic E-state index is -0.474. The summed E-state index contributed by atoms with van der Waals surface area (Å²) in [7, 11) is 0. The lowest BCUT2D eigenvalue weighted by Gasteiger charge is -2.06. The number of aromatic nitrogens is 1. The normalized spacial score (nSPS) is 12.4. The molecule has 0 spiro atoms. The molecule has 0 radical (unpaired) electrons. The first-order valence-corrected chi connectivity index (χ1v) is 4.90. The van der Waals surface area contributed by atoms with Crippen LogP contribution in [-0.2, 0) is 0 Å². The number of hydrogen-bond acceptors (Lipinski definition) is 6. The van der Waals surface area contributed by atoms with E-state index in [0.717, 1.165) is 11.3 Å². The SMILES string of the molecule is CC(CO)CNc1ncc([N+](=O)[O-])s1. The average molecular weight is 217 g/mol. The Kier molecular flexibility index (Phi) is 3.78. The van der Waals surface area contributed by atoms with E-state index in [2.05, 4.69) is 10.3 Å². The van der Waals surface area contributed by atoms with Crippen molar-refractivity contribution in [2.75, 3.05) is 18.5 Å². The molecule has 78 valence electrons. The largest absolute Gasteiger partial charge is 0.396 e. The fourth-order valence-corrected chi connectivity index (χ4v) is 1.40. The van der Waals surface area contributed by atoms with Crippen molar-refractivity contribution in [2.24, 2.45) is 5.92 Å². The molecule has 0 aliphatic rings. The number of nitrogens with zero attached hydrogens (tertiary/aromatic N) is 2. The highest BCUT2D eigenvalue weighted by Crippen LogP contribution is 2.24. The van der Waals surface area contributed by atoms with Gasteiger partial charge in [0, 0.05) is 13.2 Å². The Hall–Kier alpha value is -1.21. The van der Waals surface area contributed by atoms with E-state index in [4.69, 9.17) is 5.11 Å². The van der Waals surface area contributed by atoms with Gasteiger partial charge in [-0.1, -0.05) is 6.92 Å². The molecule has 14 heavy (non-hydrogen) atoms. The Morgan fingerprint density at radius 3 is 3.07 bits per heavy atom. The van der Waals surface area contributed by atoms with Crippen LogP contribution in [0.5, 0.6) is 0 Å². The molecule has 0 bridgehead atoms. The summed E-state index contributed by atoms with van der Waals surface area (Å²) in [6.07, 6.45) is 1.22. The average Bonchev–Trinajstić information content (AvgIpc) is 2.62. The molecule has 1 aromatic rings. The minimum Gasteiger partial charge on any atom is -0.396 e. The van der Waals surface area contributed by atoms with Crippen LogP contribution >= 0.6 is 11.3 Å². The molecule has 0 amide bonds. The van der Waals surface area contributed by atoms with Gasteiger partial charge in [0.25, 0.3) is 0 Å². The van der Waals surface area contributed by atoms with Crippen LogP contribution in [-0.4, -0.2) is 28.2 Å². The molecule has 1 heterocycles. The van der Waals surface area contributed by atoms with E-state index >= 15 is 0 Å². The molecule has 0 aromatic carbocycles.